The van der Waals surface area contributed by atoms with E-state index in [4.69, 9.17) is 9.47 Å². The van der Waals surface area contributed by atoms with Gasteiger partial charge >= 0.3 is 6.03 Å². The minimum absolute atomic E-state index is 0.309. The van der Waals surface area contributed by atoms with Gasteiger partial charge in [0.05, 0.1) is 19.9 Å². The molecule has 0 saturated carbocycles. The molecular weight excluding hydrogens is 244 g/mol. The highest BCUT2D eigenvalue weighted by molar-refractivity contribution is 5.91. The van der Waals surface area contributed by atoms with Crippen LogP contribution in [0.2, 0.25) is 0 Å². The molecule has 0 aliphatic heterocycles. The van der Waals surface area contributed by atoms with E-state index in [0.29, 0.717) is 17.2 Å². The molecule has 1 rings (SSSR count). The molecule has 0 fully saturated rings. The number of allylic oxidation sites excluding steroid dienone is 1. The van der Waals surface area contributed by atoms with E-state index in [1.54, 1.807) is 38.6 Å². The fourth-order valence-corrected chi connectivity index (χ4v) is 1.35. The first-order valence-electron chi connectivity index (χ1n) is 6.05. The first kappa shape index (κ1) is 14.9. The molecule has 0 spiro atoms. The standard InChI is InChI=1S/C14H20N2O3/c1-5-10(2)9-15-14(17)16-12-7-6-11(18-3)8-13(12)19-4/h6-9H,5H2,1-4H3,(H2,15,16,17)/b10-9+. The lowest BCUT2D eigenvalue weighted by atomic mass is 10.2. The molecule has 0 heterocycles. The zero-order valence-electron chi connectivity index (χ0n) is 11.7. The molecule has 5 nitrogen and oxygen atoms in total. The maximum Gasteiger partial charge on any atom is 0.323 e. The van der Waals surface area contributed by atoms with Crippen LogP contribution in [0.15, 0.2) is 30.0 Å². The van der Waals surface area contributed by atoms with E-state index < -0.39 is 0 Å². The summed E-state index contributed by atoms with van der Waals surface area (Å²) in [4.78, 5) is 11.7. The average Bonchev–Trinajstić information content (AvgIpc) is 2.45. The quantitative estimate of drug-likeness (QED) is 0.859. The maximum absolute atomic E-state index is 11.7. The summed E-state index contributed by atoms with van der Waals surface area (Å²) in [7, 11) is 3.12. The van der Waals surface area contributed by atoms with Crippen molar-refractivity contribution < 1.29 is 14.3 Å². The van der Waals surface area contributed by atoms with Gasteiger partial charge in [0.1, 0.15) is 11.5 Å². The monoisotopic (exact) mass is 264 g/mol. The highest BCUT2D eigenvalue weighted by Crippen LogP contribution is 2.28. The number of hydrogen-bond acceptors (Lipinski definition) is 3. The second-order valence-corrected chi connectivity index (χ2v) is 4.01. The number of ether oxygens (including phenoxy) is 2. The summed E-state index contributed by atoms with van der Waals surface area (Å²) in [6.45, 7) is 3.98. The second kappa shape index (κ2) is 7.31. The predicted octanol–water partition coefficient (Wildman–Crippen LogP) is 3.14. The Hall–Kier alpha value is -2.17. The summed E-state index contributed by atoms with van der Waals surface area (Å²) in [6, 6.07) is 4.89. The molecular formula is C14H20N2O3. The molecule has 0 bridgehead atoms. The maximum atomic E-state index is 11.7. The Morgan fingerprint density at radius 2 is 2.05 bits per heavy atom. The van der Waals surface area contributed by atoms with Gasteiger partial charge in [0.15, 0.2) is 0 Å². The van der Waals surface area contributed by atoms with Gasteiger partial charge in [0.2, 0.25) is 0 Å². The fourth-order valence-electron chi connectivity index (χ4n) is 1.35. The summed E-state index contributed by atoms with van der Waals surface area (Å²) in [5.74, 6) is 1.22. The molecule has 0 aromatic heterocycles. The SMILES string of the molecule is CC/C(C)=C/NC(=O)Nc1ccc(OC)cc1OC. The minimum atomic E-state index is -0.309. The Bertz CT molecular complexity index is 470. The molecule has 2 amide bonds. The summed E-state index contributed by atoms with van der Waals surface area (Å²) < 4.78 is 10.3. The molecule has 0 radical (unpaired) electrons. The third kappa shape index (κ3) is 4.54. The lowest BCUT2D eigenvalue weighted by Crippen LogP contribution is -2.24. The van der Waals surface area contributed by atoms with Gasteiger partial charge in [-0.05, 0) is 25.5 Å². The van der Waals surface area contributed by atoms with Crippen molar-refractivity contribution in [3.05, 3.63) is 30.0 Å². The van der Waals surface area contributed by atoms with Crippen molar-refractivity contribution >= 4 is 11.7 Å². The van der Waals surface area contributed by atoms with Gasteiger partial charge in [0, 0.05) is 12.3 Å². The Balaban J connectivity index is 2.73. The molecule has 0 aliphatic carbocycles. The van der Waals surface area contributed by atoms with Crippen LogP contribution in [0, 0.1) is 0 Å². The van der Waals surface area contributed by atoms with Gasteiger partial charge in [0.25, 0.3) is 0 Å². The fraction of sp³-hybridized carbons (Fsp3) is 0.357. The average molecular weight is 264 g/mol. The molecule has 0 unspecified atom stereocenters. The van der Waals surface area contributed by atoms with Crippen LogP contribution >= 0.6 is 0 Å². The van der Waals surface area contributed by atoms with Crippen LogP contribution in [0.1, 0.15) is 20.3 Å². The topological polar surface area (TPSA) is 59.6 Å². The third-order valence-electron chi connectivity index (χ3n) is 2.66. The number of urea groups is 1. The van der Waals surface area contributed by atoms with Crippen LogP contribution in [0.3, 0.4) is 0 Å². The minimum Gasteiger partial charge on any atom is -0.497 e. The number of methoxy groups -OCH3 is 2. The molecule has 1 aromatic rings. The van der Waals surface area contributed by atoms with Gasteiger partial charge in [-0.15, -0.1) is 0 Å². The van der Waals surface area contributed by atoms with Gasteiger partial charge in [-0.25, -0.2) is 4.79 Å². The van der Waals surface area contributed by atoms with Gasteiger partial charge < -0.3 is 20.1 Å². The number of amides is 2. The third-order valence-corrected chi connectivity index (χ3v) is 2.66. The number of rotatable bonds is 5. The van der Waals surface area contributed by atoms with E-state index in [2.05, 4.69) is 10.6 Å². The normalized spacial score (nSPS) is 10.8. The van der Waals surface area contributed by atoms with E-state index >= 15 is 0 Å². The van der Waals surface area contributed by atoms with Gasteiger partial charge in [-0.2, -0.15) is 0 Å². The smallest absolute Gasteiger partial charge is 0.323 e. The Morgan fingerprint density at radius 3 is 2.63 bits per heavy atom. The number of benzene rings is 1. The van der Waals surface area contributed by atoms with Crippen molar-refractivity contribution in [2.45, 2.75) is 20.3 Å². The van der Waals surface area contributed by atoms with Crippen molar-refractivity contribution in [1.82, 2.24) is 5.32 Å². The van der Waals surface area contributed by atoms with Crippen molar-refractivity contribution in [1.29, 1.82) is 0 Å². The number of hydrogen-bond donors (Lipinski definition) is 2. The summed E-state index contributed by atoms with van der Waals surface area (Å²) >= 11 is 0. The predicted molar refractivity (Wildman–Crippen MR) is 75.7 cm³/mol. The summed E-state index contributed by atoms with van der Waals surface area (Å²) in [5, 5.41) is 5.38. The highest BCUT2D eigenvalue weighted by atomic mass is 16.5. The van der Waals surface area contributed by atoms with E-state index in [1.807, 2.05) is 13.8 Å². The van der Waals surface area contributed by atoms with Crippen molar-refractivity contribution in [3.8, 4) is 11.5 Å². The molecule has 5 heteroatoms. The molecule has 19 heavy (non-hydrogen) atoms. The van der Waals surface area contributed by atoms with Crippen molar-refractivity contribution in [3.63, 3.8) is 0 Å². The zero-order valence-corrected chi connectivity index (χ0v) is 11.7. The molecule has 0 atom stereocenters. The van der Waals surface area contributed by atoms with Crippen molar-refractivity contribution in [2.24, 2.45) is 0 Å². The largest absolute Gasteiger partial charge is 0.497 e. The lowest BCUT2D eigenvalue weighted by Gasteiger charge is -2.11. The van der Waals surface area contributed by atoms with Crippen LogP contribution in [0.25, 0.3) is 0 Å². The first-order chi connectivity index (χ1) is 9.10. The van der Waals surface area contributed by atoms with Gasteiger partial charge in [-0.3, -0.25) is 0 Å². The van der Waals surface area contributed by atoms with Crippen LogP contribution < -0.4 is 20.1 Å². The molecule has 0 saturated heterocycles. The van der Waals surface area contributed by atoms with Crippen LogP contribution in [0.4, 0.5) is 10.5 Å². The van der Waals surface area contributed by atoms with E-state index in [-0.39, 0.29) is 6.03 Å². The molecule has 0 aliphatic rings. The highest BCUT2D eigenvalue weighted by Gasteiger charge is 2.07. The van der Waals surface area contributed by atoms with Crippen molar-refractivity contribution in [2.75, 3.05) is 19.5 Å². The molecule has 104 valence electrons. The zero-order chi connectivity index (χ0) is 14.3. The Morgan fingerprint density at radius 1 is 1.32 bits per heavy atom. The van der Waals surface area contributed by atoms with Crippen LogP contribution in [0.5, 0.6) is 11.5 Å². The van der Waals surface area contributed by atoms with E-state index in [0.717, 1.165) is 12.0 Å². The summed E-state index contributed by atoms with van der Waals surface area (Å²) in [6.07, 6.45) is 2.58. The van der Waals surface area contributed by atoms with E-state index in [9.17, 15) is 4.79 Å². The van der Waals surface area contributed by atoms with E-state index in [1.165, 1.54) is 0 Å². The second-order valence-electron chi connectivity index (χ2n) is 4.01. The number of carbonyl (C=O) groups is 1. The molecule has 1 aromatic carbocycles. The number of carbonyl (C=O) groups excluding carboxylic acids is 1. The molecule has 2 N–H and O–H groups in total. The Kier molecular flexibility index (Phi) is 5.73. The van der Waals surface area contributed by atoms with Gasteiger partial charge in [-0.1, -0.05) is 12.5 Å². The van der Waals surface area contributed by atoms with Crippen LogP contribution in [-0.4, -0.2) is 20.3 Å². The number of nitrogens with one attached hydrogen (secondary N) is 2. The Labute approximate surface area is 113 Å². The number of anilines is 1. The lowest BCUT2D eigenvalue weighted by molar-refractivity contribution is 0.255. The first-order valence-corrected chi connectivity index (χ1v) is 6.05. The summed E-state index contributed by atoms with van der Waals surface area (Å²) in [5.41, 5.74) is 1.68. The van der Waals surface area contributed by atoms with Crippen LogP contribution in [-0.2, 0) is 0 Å².